The Bertz CT molecular complexity index is 578. The number of nitrogens with zero attached hydrogens (tertiary/aromatic N) is 1. The van der Waals surface area contributed by atoms with Crippen molar-refractivity contribution in [3.8, 4) is 12.0 Å². The van der Waals surface area contributed by atoms with Crippen LogP contribution < -0.4 is 4.74 Å². The quantitative estimate of drug-likeness (QED) is 0.432. The Balaban J connectivity index is 2.74. The van der Waals surface area contributed by atoms with E-state index in [1.807, 2.05) is 0 Å². The summed E-state index contributed by atoms with van der Waals surface area (Å²) in [6.45, 7) is 0. The van der Waals surface area contributed by atoms with Gasteiger partial charge < -0.3 is 19.7 Å². The third-order valence-electron chi connectivity index (χ3n) is 2.41. The summed E-state index contributed by atoms with van der Waals surface area (Å²) in [6.07, 6.45) is -0.978. The van der Waals surface area contributed by atoms with E-state index < -0.39 is 36.4 Å². The predicted molar refractivity (Wildman–Crippen MR) is 65.6 cm³/mol. The molecular formula is C13H11NO7. The molecule has 0 aliphatic heterocycles. The standard InChI is InChI=1S/C13H11NO7/c14-8-20-10(15)6-13(19,12(17)18)7-11(16)21-9-4-2-1-3-5-9/h1-5,19H,6-7H2,(H,17,18). The molecular weight excluding hydrogens is 282 g/mol. The maximum atomic E-state index is 11.6. The molecule has 21 heavy (non-hydrogen) atoms. The minimum absolute atomic E-state index is 0.162. The zero-order valence-electron chi connectivity index (χ0n) is 10.7. The summed E-state index contributed by atoms with van der Waals surface area (Å²) in [5, 5.41) is 26.9. The van der Waals surface area contributed by atoms with Crippen molar-refractivity contribution in [2.75, 3.05) is 0 Å². The van der Waals surface area contributed by atoms with E-state index in [0.717, 1.165) is 6.26 Å². The molecule has 1 atom stereocenters. The Morgan fingerprint density at radius 1 is 1.14 bits per heavy atom. The van der Waals surface area contributed by atoms with Crippen molar-refractivity contribution < 1.29 is 34.1 Å². The molecule has 0 aromatic heterocycles. The highest BCUT2D eigenvalue weighted by molar-refractivity contribution is 5.89. The number of esters is 2. The van der Waals surface area contributed by atoms with E-state index >= 15 is 0 Å². The SMILES string of the molecule is N#COC(=O)CC(O)(CC(=O)Oc1ccccc1)C(=O)O. The van der Waals surface area contributed by atoms with Gasteiger partial charge in [0.25, 0.3) is 6.26 Å². The van der Waals surface area contributed by atoms with Crippen molar-refractivity contribution >= 4 is 17.9 Å². The number of carboxylic acid groups (broad SMARTS) is 1. The molecule has 0 radical (unpaired) electrons. The van der Waals surface area contributed by atoms with Gasteiger partial charge in [0.05, 0.1) is 12.8 Å². The number of rotatable bonds is 6. The zero-order chi connectivity index (χ0) is 15.9. The van der Waals surface area contributed by atoms with Gasteiger partial charge in [-0.2, -0.15) is 0 Å². The zero-order valence-corrected chi connectivity index (χ0v) is 10.7. The number of hydrogen-bond donors (Lipinski definition) is 2. The van der Waals surface area contributed by atoms with Gasteiger partial charge in [0.1, 0.15) is 5.75 Å². The topological polar surface area (TPSA) is 134 Å². The molecule has 0 bridgehead atoms. The average molecular weight is 293 g/mol. The van der Waals surface area contributed by atoms with Crippen LogP contribution in [0.2, 0.25) is 0 Å². The molecule has 0 saturated heterocycles. The van der Waals surface area contributed by atoms with Crippen LogP contribution in [0, 0.1) is 11.5 Å². The molecule has 0 heterocycles. The molecule has 8 heteroatoms. The molecule has 0 aliphatic rings. The summed E-state index contributed by atoms with van der Waals surface area (Å²) in [4.78, 5) is 33.7. The third-order valence-corrected chi connectivity index (χ3v) is 2.41. The molecule has 2 N–H and O–H groups in total. The van der Waals surface area contributed by atoms with E-state index in [9.17, 15) is 19.5 Å². The summed E-state index contributed by atoms with van der Waals surface area (Å²) in [5.74, 6) is -3.96. The number of carboxylic acids is 1. The lowest BCUT2D eigenvalue weighted by Gasteiger charge is -2.20. The number of carbonyl (C=O) groups is 3. The van der Waals surface area contributed by atoms with Crippen LogP contribution in [-0.4, -0.2) is 33.7 Å². The Labute approximate surface area is 119 Å². The molecule has 0 saturated carbocycles. The Morgan fingerprint density at radius 3 is 2.24 bits per heavy atom. The smallest absolute Gasteiger partial charge is 0.336 e. The molecule has 110 valence electrons. The summed E-state index contributed by atoms with van der Waals surface area (Å²) in [7, 11) is 0. The maximum absolute atomic E-state index is 11.6. The van der Waals surface area contributed by atoms with E-state index in [4.69, 9.17) is 15.1 Å². The lowest BCUT2D eigenvalue weighted by molar-refractivity contribution is -0.169. The van der Waals surface area contributed by atoms with Crippen molar-refractivity contribution in [1.82, 2.24) is 0 Å². The summed E-state index contributed by atoms with van der Waals surface area (Å²) < 4.78 is 8.70. The summed E-state index contributed by atoms with van der Waals surface area (Å²) >= 11 is 0. The van der Waals surface area contributed by atoms with Gasteiger partial charge in [-0.3, -0.25) is 9.59 Å². The molecule has 1 rings (SSSR count). The summed E-state index contributed by atoms with van der Waals surface area (Å²) in [5.41, 5.74) is -2.71. The lowest BCUT2D eigenvalue weighted by Crippen LogP contribution is -2.43. The third kappa shape index (κ3) is 4.93. The second kappa shape index (κ2) is 7.02. The number of aliphatic hydroxyl groups is 1. The number of para-hydroxylation sites is 1. The van der Waals surface area contributed by atoms with E-state index in [0.29, 0.717) is 0 Å². The Hall–Kier alpha value is -2.92. The number of carbonyl (C=O) groups excluding carboxylic acids is 2. The van der Waals surface area contributed by atoms with E-state index in [2.05, 4.69) is 4.74 Å². The van der Waals surface area contributed by atoms with Crippen molar-refractivity contribution in [3.63, 3.8) is 0 Å². The van der Waals surface area contributed by atoms with E-state index in [1.165, 1.54) is 12.1 Å². The fourth-order valence-electron chi connectivity index (χ4n) is 1.43. The van der Waals surface area contributed by atoms with Crippen molar-refractivity contribution in [3.05, 3.63) is 30.3 Å². The van der Waals surface area contributed by atoms with Crippen LogP contribution in [0.25, 0.3) is 0 Å². The van der Waals surface area contributed by atoms with Crippen LogP contribution in [0.5, 0.6) is 5.75 Å². The van der Waals surface area contributed by atoms with Gasteiger partial charge in [0.15, 0.2) is 5.60 Å². The van der Waals surface area contributed by atoms with Gasteiger partial charge in [-0.1, -0.05) is 18.2 Å². The van der Waals surface area contributed by atoms with Crippen LogP contribution in [0.4, 0.5) is 0 Å². The van der Waals surface area contributed by atoms with E-state index in [-0.39, 0.29) is 5.75 Å². The first-order valence-corrected chi connectivity index (χ1v) is 5.67. The van der Waals surface area contributed by atoms with Gasteiger partial charge in [-0.05, 0) is 12.1 Å². The predicted octanol–water partition coefficient (Wildman–Crippen LogP) is 0.212. The summed E-state index contributed by atoms with van der Waals surface area (Å²) in [6, 6.07) is 7.79. The Morgan fingerprint density at radius 2 is 1.71 bits per heavy atom. The minimum atomic E-state index is -2.71. The number of hydrogen-bond acceptors (Lipinski definition) is 7. The largest absolute Gasteiger partial charge is 0.479 e. The lowest BCUT2D eigenvalue weighted by atomic mass is 9.96. The molecule has 0 spiro atoms. The first-order chi connectivity index (χ1) is 9.87. The van der Waals surface area contributed by atoms with Crippen LogP contribution in [-0.2, 0) is 19.1 Å². The van der Waals surface area contributed by atoms with Crippen LogP contribution in [0.3, 0.4) is 0 Å². The minimum Gasteiger partial charge on any atom is -0.479 e. The van der Waals surface area contributed by atoms with Crippen LogP contribution in [0.1, 0.15) is 12.8 Å². The first kappa shape index (κ1) is 16.1. The first-order valence-electron chi connectivity index (χ1n) is 5.67. The molecule has 1 unspecified atom stereocenters. The molecule has 1 aromatic rings. The number of ether oxygens (including phenoxy) is 2. The monoisotopic (exact) mass is 293 g/mol. The van der Waals surface area contributed by atoms with Crippen molar-refractivity contribution in [2.24, 2.45) is 0 Å². The fraction of sp³-hybridized carbons (Fsp3) is 0.231. The van der Waals surface area contributed by atoms with Gasteiger partial charge in [0, 0.05) is 0 Å². The second-order valence-corrected chi connectivity index (χ2v) is 4.04. The molecule has 8 nitrogen and oxygen atoms in total. The highest BCUT2D eigenvalue weighted by Gasteiger charge is 2.42. The van der Waals surface area contributed by atoms with Gasteiger partial charge >= 0.3 is 17.9 Å². The maximum Gasteiger partial charge on any atom is 0.336 e. The average Bonchev–Trinajstić information content (AvgIpc) is 2.39. The van der Waals surface area contributed by atoms with Gasteiger partial charge in [-0.15, -0.1) is 5.26 Å². The van der Waals surface area contributed by atoms with Crippen molar-refractivity contribution in [1.29, 1.82) is 5.26 Å². The van der Waals surface area contributed by atoms with Crippen LogP contribution in [0.15, 0.2) is 30.3 Å². The number of aliphatic carboxylic acids is 1. The second-order valence-electron chi connectivity index (χ2n) is 4.04. The highest BCUT2D eigenvalue weighted by atomic mass is 16.5. The fourth-order valence-corrected chi connectivity index (χ4v) is 1.43. The van der Waals surface area contributed by atoms with E-state index in [1.54, 1.807) is 18.2 Å². The van der Waals surface area contributed by atoms with Gasteiger partial charge in [-0.25, -0.2) is 4.79 Å². The molecule has 1 aromatic carbocycles. The number of benzene rings is 1. The van der Waals surface area contributed by atoms with Crippen LogP contribution >= 0.6 is 0 Å². The molecule has 0 fully saturated rings. The normalized spacial score (nSPS) is 12.6. The highest BCUT2D eigenvalue weighted by Crippen LogP contribution is 2.19. The van der Waals surface area contributed by atoms with Gasteiger partial charge in [0.2, 0.25) is 0 Å². The number of nitriles is 1. The van der Waals surface area contributed by atoms with Crippen molar-refractivity contribution in [2.45, 2.75) is 18.4 Å². The molecule has 0 amide bonds. The molecule has 0 aliphatic carbocycles. The Kier molecular flexibility index (Phi) is 5.39.